The molecule has 102 valence electrons. The number of nitriles is 1. The first kappa shape index (κ1) is 14.8. The Balaban J connectivity index is 2.32. The average Bonchev–Trinajstić information content (AvgIpc) is 2.33. The summed E-state index contributed by atoms with van der Waals surface area (Å²) in [6.45, 7) is 6.26. The molecule has 1 heterocycles. The third kappa shape index (κ3) is 5.73. The van der Waals surface area contributed by atoms with Gasteiger partial charge in [-0.15, -0.1) is 0 Å². The van der Waals surface area contributed by atoms with E-state index in [2.05, 4.69) is 15.6 Å². The zero-order valence-corrected chi connectivity index (χ0v) is 11.4. The fourth-order valence-corrected chi connectivity index (χ4v) is 1.30. The van der Waals surface area contributed by atoms with Crippen molar-refractivity contribution in [3.8, 4) is 6.07 Å². The fraction of sp³-hybridized carbons (Fsp3) is 0.462. The largest absolute Gasteiger partial charge is 0.444 e. The van der Waals surface area contributed by atoms with Crippen molar-refractivity contribution in [2.75, 3.05) is 18.4 Å². The summed E-state index contributed by atoms with van der Waals surface area (Å²) >= 11 is 0. The lowest BCUT2D eigenvalue weighted by atomic mass is 10.2. The number of carbonyl (C=O) groups excluding carboxylic acids is 1. The van der Waals surface area contributed by atoms with Crippen LogP contribution in [0.3, 0.4) is 0 Å². The normalized spacial score (nSPS) is 10.4. The van der Waals surface area contributed by atoms with Gasteiger partial charge >= 0.3 is 6.09 Å². The van der Waals surface area contributed by atoms with Crippen LogP contribution in [0.2, 0.25) is 0 Å². The number of hydrogen-bond acceptors (Lipinski definition) is 5. The minimum absolute atomic E-state index is 0.385. The molecule has 0 aromatic carbocycles. The molecule has 0 bridgehead atoms. The molecule has 19 heavy (non-hydrogen) atoms. The highest BCUT2D eigenvalue weighted by Crippen LogP contribution is 2.08. The number of aromatic nitrogens is 1. The lowest BCUT2D eigenvalue weighted by Crippen LogP contribution is -2.35. The third-order valence-electron chi connectivity index (χ3n) is 2.01. The van der Waals surface area contributed by atoms with Gasteiger partial charge in [-0.2, -0.15) is 5.26 Å². The van der Waals surface area contributed by atoms with Crippen LogP contribution in [0.4, 0.5) is 10.6 Å². The van der Waals surface area contributed by atoms with E-state index in [1.54, 1.807) is 39.1 Å². The highest BCUT2D eigenvalue weighted by molar-refractivity contribution is 5.67. The second-order valence-electron chi connectivity index (χ2n) is 4.87. The minimum atomic E-state index is -0.507. The second-order valence-corrected chi connectivity index (χ2v) is 4.87. The number of hydrogen-bond donors (Lipinski definition) is 2. The van der Waals surface area contributed by atoms with E-state index in [1.807, 2.05) is 6.07 Å². The molecule has 1 rings (SSSR count). The average molecular weight is 262 g/mol. The summed E-state index contributed by atoms with van der Waals surface area (Å²) in [4.78, 5) is 15.4. The Kier molecular flexibility index (Phi) is 5.12. The molecule has 6 heteroatoms. The highest BCUT2D eigenvalue weighted by atomic mass is 16.6. The maximum absolute atomic E-state index is 11.4. The van der Waals surface area contributed by atoms with Crippen LogP contribution in [0.15, 0.2) is 18.3 Å². The monoisotopic (exact) mass is 262 g/mol. The Bertz CT molecular complexity index is 474. The van der Waals surface area contributed by atoms with Gasteiger partial charge in [0.25, 0.3) is 0 Å². The first-order valence-corrected chi connectivity index (χ1v) is 5.98. The van der Waals surface area contributed by atoms with Gasteiger partial charge in [-0.1, -0.05) is 0 Å². The number of amides is 1. The molecule has 0 aliphatic heterocycles. The summed E-state index contributed by atoms with van der Waals surface area (Å²) < 4.78 is 5.09. The zero-order chi connectivity index (χ0) is 14.3. The van der Waals surface area contributed by atoms with Gasteiger partial charge in [-0.05, 0) is 32.9 Å². The lowest BCUT2D eigenvalue weighted by molar-refractivity contribution is 0.0530. The van der Waals surface area contributed by atoms with Crippen LogP contribution < -0.4 is 10.6 Å². The summed E-state index contributed by atoms with van der Waals surface area (Å²) in [5.41, 5.74) is -0.0355. The van der Waals surface area contributed by atoms with Crippen LogP contribution in [0.1, 0.15) is 26.3 Å². The van der Waals surface area contributed by atoms with E-state index in [1.165, 1.54) is 0 Å². The quantitative estimate of drug-likeness (QED) is 0.809. The molecule has 0 radical (unpaired) electrons. The predicted octanol–water partition coefficient (Wildman–Crippen LogP) is 1.89. The maximum Gasteiger partial charge on any atom is 0.407 e. The molecule has 0 fully saturated rings. The molecule has 0 atom stereocenters. The molecule has 0 saturated carbocycles. The maximum atomic E-state index is 11.4. The number of pyridine rings is 1. The van der Waals surface area contributed by atoms with E-state index in [-0.39, 0.29) is 0 Å². The van der Waals surface area contributed by atoms with E-state index >= 15 is 0 Å². The Morgan fingerprint density at radius 1 is 1.47 bits per heavy atom. The summed E-state index contributed by atoms with van der Waals surface area (Å²) in [7, 11) is 0. The molecule has 1 aromatic heterocycles. The van der Waals surface area contributed by atoms with Crippen molar-refractivity contribution < 1.29 is 9.53 Å². The van der Waals surface area contributed by atoms with Crippen molar-refractivity contribution in [2.45, 2.75) is 26.4 Å². The van der Waals surface area contributed by atoms with E-state index in [0.717, 1.165) is 0 Å². The smallest absolute Gasteiger partial charge is 0.407 e. The molecule has 6 nitrogen and oxygen atoms in total. The lowest BCUT2D eigenvalue weighted by Gasteiger charge is -2.19. The van der Waals surface area contributed by atoms with Gasteiger partial charge in [0.15, 0.2) is 0 Å². The van der Waals surface area contributed by atoms with Crippen LogP contribution in [0.5, 0.6) is 0 Å². The van der Waals surface area contributed by atoms with Crippen LogP contribution in [-0.2, 0) is 4.74 Å². The number of anilines is 1. The van der Waals surface area contributed by atoms with Crippen LogP contribution in [0.25, 0.3) is 0 Å². The molecule has 0 spiro atoms. The first-order valence-electron chi connectivity index (χ1n) is 5.98. The SMILES string of the molecule is CC(C)(C)OC(=O)NCCNc1ncccc1C#N. The standard InChI is InChI=1S/C13H18N4O2/c1-13(2,3)19-12(18)17-8-7-16-11-10(9-14)5-4-6-15-11/h4-6H,7-8H2,1-3H3,(H,15,16)(H,17,18). The van der Waals surface area contributed by atoms with Gasteiger partial charge in [0.2, 0.25) is 0 Å². The number of nitrogens with one attached hydrogen (secondary N) is 2. The van der Waals surface area contributed by atoms with Gasteiger partial charge in [-0.25, -0.2) is 9.78 Å². The number of carbonyl (C=O) groups is 1. The fourth-order valence-electron chi connectivity index (χ4n) is 1.30. The van der Waals surface area contributed by atoms with Gasteiger partial charge in [0.1, 0.15) is 17.5 Å². The van der Waals surface area contributed by atoms with E-state index in [4.69, 9.17) is 10.00 Å². The number of alkyl carbamates (subject to hydrolysis) is 1. The minimum Gasteiger partial charge on any atom is -0.444 e. The van der Waals surface area contributed by atoms with Crippen LogP contribution >= 0.6 is 0 Å². The summed E-state index contributed by atoms with van der Waals surface area (Å²) in [6.07, 6.45) is 1.14. The molecule has 0 saturated heterocycles. The number of ether oxygens (including phenoxy) is 1. The van der Waals surface area contributed by atoms with Gasteiger partial charge in [-0.3, -0.25) is 0 Å². The van der Waals surface area contributed by atoms with E-state index in [0.29, 0.717) is 24.5 Å². The molecular weight excluding hydrogens is 244 g/mol. The van der Waals surface area contributed by atoms with Crippen molar-refractivity contribution in [2.24, 2.45) is 0 Å². The second kappa shape index (κ2) is 6.59. The van der Waals surface area contributed by atoms with Crippen LogP contribution in [-0.4, -0.2) is 29.8 Å². The highest BCUT2D eigenvalue weighted by Gasteiger charge is 2.15. The van der Waals surface area contributed by atoms with Gasteiger partial charge < -0.3 is 15.4 Å². The van der Waals surface area contributed by atoms with Gasteiger partial charge in [0.05, 0.1) is 5.56 Å². The predicted molar refractivity (Wildman–Crippen MR) is 71.7 cm³/mol. The molecule has 1 aromatic rings. The molecular formula is C13H18N4O2. The number of rotatable bonds is 4. The first-order chi connectivity index (χ1) is 8.92. The van der Waals surface area contributed by atoms with Crippen molar-refractivity contribution in [1.29, 1.82) is 5.26 Å². The van der Waals surface area contributed by atoms with Crippen molar-refractivity contribution in [1.82, 2.24) is 10.3 Å². The summed E-state index contributed by atoms with van der Waals surface area (Å²) in [5, 5.41) is 14.5. The molecule has 0 aliphatic rings. The van der Waals surface area contributed by atoms with Crippen LogP contribution in [0, 0.1) is 11.3 Å². The molecule has 0 aliphatic carbocycles. The third-order valence-corrected chi connectivity index (χ3v) is 2.01. The number of nitrogens with zero attached hydrogens (tertiary/aromatic N) is 2. The topological polar surface area (TPSA) is 87.0 Å². The molecule has 0 unspecified atom stereocenters. The molecule has 1 amide bonds. The Morgan fingerprint density at radius 2 is 2.21 bits per heavy atom. The summed E-state index contributed by atoms with van der Waals surface area (Å²) in [6, 6.07) is 5.41. The molecule has 2 N–H and O–H groups in total. The Morgan fingerprint density at radius 3 is 2.84 bits per heavy atom. The zero-order valence-electron chi connectivity index (χ0n) is 11.4. The summed E-state index contributed by atoms with van der Waals surface area (Å²) in [5.74, 6) is 0.510. The Hall–Kier alpha value is -2.29. The van der Waals surface area contributed by atoms with Gasteiger partial charge in [0, 0.05) is 19.3 Å². The van der Waals surface area contributed by atoms with Crippen molar-refractivity contribution >= 4 is 11.9 Å². The van der Waals surface area contributed by atoms with Crippen molar-refractivity contribution in [3.05, 3.63) is 23.9 Å². The van der Waals surface area contributed by atoms with E-state index < -0.39 is 11.7 Å². The van der Waals surface area contributed by atoms with E-state index in [9.17, 15) is 4.79 Å². The van der Waals surface area contributed by atoms with Crippen molar-refractivity contribution in [3.63, 3.8) is 0 Å². The Labute approximate surface area is 112 Å².